The van der Waals surface area contributed by atoms with Crippen LogP contribution >= 0.6 is 0 Å². The van der Waals surface area contributed by atoms with Crippen LogP contribution in [0.3, 0.4) is 0 Å². The highest BCUT2D eigenvalue weighted by atomic mass is 32.2. The molecule has 0 saturated carbocycles. The second-order valence-electron chi connectivity index (χ2n) is 6.94. The first-order valence-electron chi connectivity index (χ1n) is 8.97. The van der Waals surface area contributed by atoms with Crippen LogP contribution in [0.4, 0.5) is 4.39 Å². The molecule has 0 aliphatic carbocycles. The molecule has 5 nitrogen and oxygen atoms in total. The Kier molecular flexibility index (Phi) is 5.74. The second-order valence-corrected chi connectivity index (χ2v) is 8.91. The summed E-state index contributed by atoms with van der Waals surface area (Å²) in [5, 5.41) is 0. The van der Waals surface area contributed by atoms with Crippen molar-refractivity contribution < 1.29 is 17.6 Å². The summed E-state index contributed by atoms with van der Waals surface area (Å²) in [6, 6.07) is 5.54. The molecule has 0 bridgehead atoms. The number of nitrogens with zero attached hydrogens (tertiary/aromatic N) is 2. The van der Waals surface area contributed by atoms with Crippen LogP contribution in [0.5, 0.6) is 0 Å². The van der Waals surface area contributed by atoms with Crippen LogP contribution in [0.1, 0.15) is 37.7 Å². The van der Waals surface area contributed by atoms with E-state index in [4.69, 9.17) is 0 Å². The molecule has 0 atom stereocenters. The molecule has 138 valence electrons. The number of rotatable bonds is 4. The van der Waals surface area contributed by atoms with E-state index in [0.717, 1.165) is 25.9 Å². The highest BCUT2D eigenvalue weighted by Crippen LogP contribution is 2.24. The minimum absolute atomic E-state index is 0.0598. The Bertz CT molecular complexity index is 692. The molecule has 25 heavy (non-hydrogen) atoms. The smallest absolute Gasteiger partial charge is 0.225 e. The molecule has 1 amide bonds. The standard InChI is InChI=1S/C18H25FN2O3S/c19-17-6-4-15(5-7-17)14-25(23,24)21-12-8-16(9-13-21)18(22)20-10-2-1-3-11-20/h4-7,16H,1-3,8-14H2. The number of piperidine rings is 2. The highest BCUT2D eigenvalue weighted by molar-refractivity contribution is 7.88. The molecule has 0 N–H and O–H groups in total. The molecule has 1 aromatic carbocycles. The van der Waals surface area contributed by atoms with Gasteiger partial charge in [-0.3, -0.25) is 4.79 Å². The second kappa shape index (κ2) is 7.83. The van der Waals surface area contributed by atoms with E-state index in [2.05, 4.69) is 0 Å². The van der Waals surface area contributed by atoms with E-state index in [1.807, 2.05) is 4.90 Å². The summed E-state index contributed by atoms with van der Waals surface area (Å²) < 4.78 is 39.5. The minimum Gasteiger partial charge on any atom is -0.342 e. The molecule has 0 unspecified atom stereocenters. The summed E-state index contributed by atoms with van der Waals surface area (Å²) in [6.07, 6.45) is 4.48. The average molecular weight is 368 g/mol. The van der Waals surface area contributed by atoms with Gasteiger partial charge in [-0.15, -0.1) is 0 Å². The first-order valence-corrected chi connectivity index (χ1v) is 10.6. The Morgan fingerprint density at radius 2 is 1.60 bits per heavy atom. The molecule has 1 aromatic rings. The highest BCUT2D eigenvalue weighted by Gasteiger charge is 2.33. The summed E-state index contributed by atoms with van der Waals surface area (Å²) in [6.45, 7) is 2.44. The average Bonchev–Trinajstić information content (AvgIpc) is 2.64. The van der Waals surface area contributed by atoms with Gasteiger partial charge in [-0.1, -0.05) is 12.1 Å². The SMILES string of the molecule is O=C(C1CCN(S(=O)(=O)Cc2ccc(F)cc2)CC1)N1CCCCC1. The van der Waals surface area contributed by atoms with E-state index in [-0.39, 0.29) is 23.4 Å². The Labute approximate surface area is 148 Å². The maximum Gasteiger partial charge on any atom is 0.225 e. The van der Waals surface area contributed by atoms with Crippen molar-refractivity contribution >= 4 is 15.9 Å². The van der Waals surface area contributed by atoms with Gasteiger partial charge in [0.2, 0.25) is 15.9 Å². The third-order valence-electron chi connectivity index (χ3n) is 5.13. The van der Waals surface area contributed by atoms with Gasteiger partial charge in [0.15, 0.2) is 0 Å². The number of benzene rings is 1. The van der Waals surface area contributed by atoms with Gasteiger partial charge >= 0.3 is 0 Å². The number of carbonyl (C=O) groups excluding carboxylic acids is 1. The number of likely N-dealkylation sites (tertiary alicyclic amines) is 1. The summed E-state index contributed by atoms with van der Waals surface area (Å²) in [7, 11) is -3.44. The number of carbonyl (C=O) groups is 1. The normalized spacial score (nSPS) is 20.6. The monoisotopic (exact) mass is 368 g/mol. The molecule has 2 fully saturated rings. The van der Waals surface area contributed by atoms with Crippen molar-refractivity contribution in [2.75, 3.05) is 26.2 Å². The number of sulfonamides is 1. The Morgan fingerprint density at radius 3 is 2.20 bits per heavy atom. The number of amides is 1. The lowest BCUT2D eigenvalue weighted by atomic mass is 9.95. The van der Waals surface area contributed by atoms with Crippen LogP contribution in [0.2, 0.25) is 0 Å². The molecule has 7 heteroatoms. The molecule has 2 aliphatic rings. The van der Waals surface area contributed by atoms with E-state index in [1.165, 1.54) is 35.0 Å². The first-order chi connectivity index (χ1) is 12.0. The molecule has 0 radical (unpaired) electrons. The minimum atomic E-state index is -3.44. The topological polar surface area (TPSA) is 57.7 Å². The van der Waals surface area contributed by atoms with Crippen molar-refractivity contribution in [2.45, 2.75) is 37.9 Å². The van der Waals surface area contributed by atoms with E-state index >= 15 is 0 Å². The summed E-state index contributed by atoms with van der Waals surface area (Å²) in [5.74, 6) is -0.373. The molecule has 2 saturated heterocycles. The summed E-state index contributed by atoms with van der Waals surface area (Å²) in [4.78, 5) is 14.5. The quantitative estimate of drug-likeness (QED) is 0.820. The lowest BCUT2D eigenvalue weighted by molar-refractivity contribution is -0.137. The van der Waals surface area contributed by atoms with Gasteiger partial charge in [0.25, 0.3) is 0 Å². The Hall–Kier alpha value is -1.47. The summed E-state index contributed by atoms with van der Waals surface area (Å²) in [5.41, 5.74) is 0.577. The molecule has 0 aromatic heterocycles. The molecule has 2 heterocycles. The van der Waals surface area contributed by atoms with E-state index in [1.54, 1.807) is 0 Å². The summed E-state index contributed by atoms with van der Waals surface area (Å²) >= 11 is 0. The van der Waals surface area contributed by atoms with Crippen molar-refractivity contribution in [3.05, 3.63) is 35.6 Å². The van der Waals surface area contributed by atoms with Crippen molar-refractivity contribution in [2.24, 2.45) is 5.92 Å². The van der Waals surface area contributed by atoms with Gasteiger partial charge in [0.05, 0.1) is 5.75 Å². The van der Waals surface area contributed by atoms with E-state index < -0.39 is 10.0 Å². The van der Waals surface area contributed by atoms with Gasteiger partial charge in [-0.05, 0) is 49.8 Å². The van der Waals surface area contributed by atoms with Crippen LogP contribution in [-0.4, -0.2) is 49.7 Å². The van der Waals surface area contributed by atoms with Gasteiger partial charge < -0.3 is 4.90 Å². The lowest BCUT2D eigenvalue weighted by Gasteiger charge is -2.35. The van der Waals surface area contributed by atoms with Gasteiger partial charge in [0, 0.05) is 32.1 Å². The number of halogens is 1. The zero-order valence-electron chi connectivity index (χ0n) is 14.4. The fourth-order valence-electron chi connectivity index (χ4n) is 3.64. The van der Waals surface area contributed by atoms with Crippen molar-refractivity contribution in [3.8, 4) is 0 Å². The van der Waals surface area contributed by atoms with E-state index in [0.29, 0.717) is 31.5 Å². The number of hydrogen-bond donors (Lipinski definition) is 0. The molecular formula is C18H25FN2O3S. The van der Waals surface area contributed by atoms with Gasteiger partial charge in [0.1, 0.15) is 5.82 Å². The maximum atomic E-state index is 13.0. The lowest BCUT2D eigenvalue weighted by Crippen LogP contribution is -2.45. The zero-order valence-corrected chi connectivity index (χ0v) is 15.2. The number of hydrogen-bond acceptors (Lipinski definition) is 3. The predicted molar refractivity (Wildman–Crippen MR) is 93.8 cm³/mol. The maximum absolute atomic E-state index is 13.0. The van der Waals surface area contributed by atoms with Crippen LogP contribution in [0.15, 0.2) is 24.3 Å². The van der Waals surface area contributed by atoms with Crippen molar-refractivity contribution in [1.82, 2.24) is 9.21 Å². The van der Waals surface area contributed by atoms with Crippen LogP contribution in [0, 0.1) is 11.7 Å². The molecule has 3 rings (SSSR count). The predicted octanol–water partition coefficient (Wildman–Crippen LogP) is 2.38. The third kappa shape index (κ3) is 4.58. The third-order valence-corrected chi connectivity index (χ3v) is 6.98. The molecular weight excluding hydrogens is 343 g/mol. The Morgan fingerprint density at radius 1 is 1.00 bits per heavy atom. The Balaban J connectivity index is 1.55. The van der Waals surface area contributed by atoms with Gasteiger partial charge in [-0.25, -0.2) is 17.1 Å². The van der Waals surface area contributed by atoms with E-state index in [9.17, 15) is 17.6 Å². The largest absolute Gasteiger partial charge is 0.342 e. The van der Waals surface area contributed by atoms with Crippen LogP contribution < -0.4 is 0 Å². The van der Waals surface area contributed by atoms with Crippen LogP contribution in [-0.2, 0) is 20.6 Å². The van der Waals surface area contributed by atoms with Crippen molar-refractivity contribution in [1.29, 1.82) is 0 Å². The molecule has 0 spiro atoms. The van der Waals surface area contributed by atoms with Gasteiger partial charge in [-0.2, -0.15) is 0 Å². The van der Waals surface area contributed by atoms with Crippen LogP contribution in [0.25, 0.3) is 0 Å². The fourth-order valence-corrected chi connectivity index (χ4v) is 5.20. The zero-order chi connectivity index (χ0) is 17.9. The molecule has 2 aliphatic heterocycles. The fraction of sp³-hybridized carbons (Fsp3) is 0.611. The first kappa shape index (κ1) is 18.3. The van der Waals surface area contributed by atoms with Crippen molar-refractivity contribution in [3.63, 3.8) is 0 Å².